The highest BCUT2D eigenvalue weighted by Gasteiger charge is 2.37. The SMILES string of the molecule is Cn1c(C(F)(F)F)nn(CCNC(=O)c2cc(Cl)ccc2[N+](=O)[O-])c1=O. The van der Waals surface area contributed by atoms with Gasteiger partial charge in [-0.05, 0) is 12.1 Å². The number of alkyl halides is 3. The van der Waals surface area contributed by atoms with Crippen LogP contribution < -0.4 is 11.0 Å². The predicted molar refractivity (Wildman–Crippen MR) is 82.9 cm³/mol. The van der Waals surface area contributed by atoms with E-state index in [1.807, 2.05) is 0 Å². The molecule has 2 aromatic rings. The molecule has 1 aromatic heterocycles. The van der Waals surface area contributed by atoms with Gasteiger partial charge < -0.3 is 5.32 Å². The molecule has 0 fully saturated rings. The molecule has 9 nitrogen and oxygen atoms in total. The van der Waals surface area contributed by atoms with Gasteiger partial charge in [0.2, 0.25) is 5.82 Å². The van der Waals surface area contributed by atoms with Gasteiger partial charge in [0.05, 0.1) is 11.5 Å². The smallest absolute Gasteiger partial charge is 0.350 e. The first-order valence-electron chi connectivity index (χ1n) is 6.95. The summed E-state index contributed by atoms with van der Waals surface area (Å²) >= 11 is 5.71. The lowest BCUT2D eigenvalue weighted by atomic mass is 10.1. The Morgan fingerprint density at radius 1 is 1.42 bits per heavy atom. The molecule has 0 atom stereocenters. The molecule has 0 aliphatic heterocycles. The van der Waals surface area contributed by atoms with Crippen molar-refractivity contribution in [1.29, 1.82) is 0 Å². The van der Waals surface area contributed by atoms with Crippen LogP contribution in [0.2, 0.25) is 5.02 Å². The fraction of sp³-hybridized carbons (Fsp3) is 0.308. The van der Waals surface area contributed by atoms with Crippen molar-refractivity contribution in [2.45, 2.75) is 12.7 Å². The first-order chi connectivity index (χ1) is 12.0. The minimum absolute atomic E-state index is 0.0940. The summed E-state index contributed by atoms with van der Waals surface area (Å²) in [6, 6.07) is 3.38. The molecule has 0 spiro atoms. The standard InChI is InChI=1S/C13H11ClF3N5O4/c1-20-11(13(15,16)17)19-21(12(20)24)5-4-18-10(23)8-6-7(14)2-3-9(8)22(25)26/h2-3,6H,4-5H2,1H3,(H,18,23). The lowest BCUT2D eigenvalue weighted by molar-refractivity contribution is -0.385. The Labute approximate surface area is 148 Å². The highest BCUT2D eigenvalue weighted by molar-refractivity contribution is 6.31. The van der Waals surface area contributed by atoms with Crippen molar-refractivity contribution < 1.29 is 22.9 Å². The summed E-state index contributed by atoms with van der Waals surface area (Å²) in [5, 5.41) is 16.5. The maximum absolute atomic E-state index is 12.7. The first kappa shape index (κ1) is 19.4. The average molecular weight is 394 g/mol. The fourth-order valence-electron chi connectivity index (χ4n) is 2.10. The Bertz CT molecular complexity index is 921. The summed E-state index contributed by atoms with van der Waals surface area (Å²) in [6.45, 7) is -0.639. The molecule has 0 radical (unpaired) electrons. The van der Waals surface area contributed by atoms with Crippen LogP contribution in [0.15, 0.2) is 23.0 Å². The van der Waals surface area contributed by atoms with Crippen LogP contribution in [0.3, 0.4) is 0 Å². The van der Waals surface area contributed by atoms with Gasteiger partial charge in [-0.15, -0.1) is 5.10 Å². The molecule has 0 aliphatic carbocycles. The summed E-state index contributed by atoms with van der Waals surface area (Å²) in [6.07, 6.45) is -4.80. The van der Waals surface area contributed by atoms with E-state index in [4.69, 9.17) is 11.6 Å². The van der Waals surface area contributed by atoms with Gasteiger partial charge in [0.15, 0.2) is 0 Å². The predicted octanol–water partition coefficient (Wildman–Crippen LogP) is 1.59. The topological polar surface area (TPSA) is 112 Å². The highest BCUT2D eigenvalue weighted by Crippen LogP contribution is 2.26. The number of hydrogen-bond acceptors (Lipinski definition) is 5. The van der Waals surface area contributed by atoms with E-state index >= 15 is 0 Å². The van der Waals surface area contributed by atoms with Crippen molar-refractivity contribution in [3.05, 3.63) is 55.2 Å². The summed E-state index contributed by atoms with van der Waals surface area (Å²) in [5.74, 6) is -2.24. The van der Waals surface area contributed by atoms with Crippen LogP contribution in [-0.2, 0) is 19.8 Å². The Balaban J connectivity index is 2.12. The fourth-order valence-corrected chi connectivity index (χ4v) is 2.27. The molecule has 0 unspecified atom stereocenters. The normalized spacial score (nSPS) is 11.4. The molecule has 0 bridgehead atoms. The zero-order valence-electron chi connectivity index (χ0n) is 13.1. The Hall–Kier alpha value is -2.89. The number of nitrogens with zero attached hydrogens (tertiary/aromatic N) is 4. The Morgan fingerprint density at radius 3 is 2.62 bits per heavy atom. The lowest BCUT2D eigenvalue weighted by Crippen LogP contribution is -2.32. The van der Waals surface area contributed by atoms with Crippen LogP contribution in [0, 0.1) is 10.1 Å². The van der Waals surface area contributed by atoms with Crippen LogP contribution in [0.1, 0.15) is 16.2 Å². The summed E-state index contributed by atoms with van der Waals surface area (Å²) < 4.78 is 38.9. The molecule has 140 valence electrons. The van der Waals surface area contributed by atoms with Gasteiger partial charge in [-0.2, -0.15) is 13.2 Å². The molecule has 1 amide bonds. The maximum Gasteiger partial charge on any atom is 0.451 e. The number of benzene rings is 1. The number of amides is 1. The number of halogens is 4. The van der Waals surface area contributed by atoms with Crippen molar-refractivity contribution in [3.8, 4) is 0 Å². The van der Waals surface area contributed by atoms with E-state index in [2.05, 4.69) is 10.4 Å². The van der Waals surface area contributed by atoms with E-state index in [1.54, 1.807) is 0 Å². The number of nitro groups is 1. The molecule has 1 N–H and O–H groups in total. The van der Waals surface area contributed by atoms with Crippen molar-refractivity contribution in [3.63, 3.8) is 0 Å². The Kier molecular flexibility index (Phi) is 5.35. The molecule has 13 heteroatoms. The number of aromatic nitrogens is 3. The number of nitro benzene ring substituents is 1. The number of rotatable bonds is 5. The van der Waals surface area contributed by atoms with E-state index in [9.17, 15) is 32.9 Å². The van der Waals surface area contributed by atoms with Crippen molar-refractivity contribution in [2.24, 2.45) is 7.05 Å². The van der Waals surface area contributed by atoms with E-state index < -0.39 is 34.2 Å². The third-order valence-corrected chi connectivity index (χ3v) is 3.54. The second kappa shape index (κ2) is 7.15. The third-order valence-electron chi connectivity index (χ3n) is 3.30. The summed E-state index contributed by atoms with van der Waals surface area (Å²) in [5.41, 5.74) is -1.81. The van der Waals surface area contributed by atoms with Gasteiger partial charge in [0.1, 0.15) is 5.56 Å². The van der Waals surface area contributed by atoms with Crippen LogP contribution in [0.25, 0.3) is 0 Å². The number of carbonyl (C=O) groups is 1. The van der Waals surface area contributed by atoms with Crippen LogP contribution in [0.4, 0.5) is 18.9 Å². The molecule has 0 saturated heterocycles. The average Bonchev–Trinajstić information content (AvgIpc) is 2.82. The molecule has 1 aromatic carbocycles. The van der Waals surface area contributed by atoms with Gasteiger partial charge in [0, 0.05) is 24.7 Å². The van der Waals surface area contributed by atoms with Crippen LogP contribution in [-0.4, -0.2) is 31.7 Å². The van der Waals surface area contributed by atoms with Gasteiger partial charge in [0.25, 0.3) is 11.6 Å². The van der Waals surface area contributed by atoms with Gasteiger partial charge in [-0.3, -0.25) is 19.5 Å². The lowest BCUT2D eigenvalue weighted by Gasteiger charge is -2.06. The summed E-state index contributed by atoms with van der Waals surface area (Å²) in [7, 11) is 0.919. The minimum Gasteiger partial charge on any atom is -0.350 e. The van der Waals surface area contributed by atoms with E-state index in [1.165, 1.54) is 6.07 Å². The third kappa shape index (κ3) is 4.02. The zero-order chi connectivity index (χ0) is 19.6. The Morgan fingerprint density at radius 2 is 2.08 bits per heavy atom. The zero-order valence-corrected chi connectivity index (χ0v) is 13.8. The van der Waals surface area contributed by atoms with Gasteiger partial charge >= 0.3 is 11.9 Å². The largest absolute Gasteiger partial charge is 0.451 e. The quantitative estimate of drug-likeness (QED) is 0.612. The molecule has 26 heavy (non-hydrogen) atoms. The minimum atomic E-state index is -4.80. The van der Waals surface area contributed by atoms with Crippen LogP contribution >= 0.6 is 11.6 Å². The van der Waals surface area contributed by atoms with Crippen molar-refractivity contribution in [2.75, 3.05) is 6.54 Å². The second-order valence-electron chi connectivity index (χ2n) is 5.06. The van der Waals surface area contributed by atoms with E-state index in [0.717, 1.165) is 19.2 Å². The maximum atomic E-state index is 12.7. The van der Waals surface area contributed by atoms with Crippen molar-refractivity contribution in [1.82, 2.24) is 19.7 Å². The number of nitrogens with one attached hydrogen (secondary N) is 1. The second-order valence-corrected chi connectivity index (χ2v) is 5.50. The monoisotopic (exact) mass is 393 g/mol. The molecule has 0 aliphatic rings. The molecule has 2 rings (SSSR count). The number of hydrogen-bond donors (Lipinski definition) is 1. The molecular formula is C13H11ClF3N5O4. The van der Waals surface area contributed by atoms with E-state index in [0.29, 0.717) is 9.25 Å². The molecule has 0 saturated carbocycles. The van der Waals surface area contributed by atoms with Gasteiger partial charge in [-0.1, -0.05) is 11.6 Å². The van der Waals surface area contributed by atoms with Crippen molar-refractivity contribution >= 4 is 23.2 Å². The molecular weight excluding hydrogens is 383 g/mol. The highest BCUT2D eigenvalue weighted by atomic mass is 35.5. The first-order valence-corrected chi connectivity index (χ1v) is 7.33. The van der Waals surface area contributed by atoms with Gasteiger partial charge in [-0.25, -0.2) is 9.48 Å². The number of carbonyl (C=O) groups excluding carboxylic acids is 1. The van der Waals surface area contributed by atoms with Crippen LogP contribution in [0.5, 0.6) is 0 Å². The van der Waals surface area contributed by atoms with E-state index in [-0.39, 0.29) is 23.7 Å². The molecule has 1 heterocycles. The summed E-state index contributed by atoms with van der Waals surface area (Å²) in [4.78, 5) is 33.9.